The monoisotopic (exact) mass is 381 g/mol. The van der Waals surface area contributed by atoms with Gasteiger partial charge in [0.05, 0.1) is 12.0 Å². The third kappa shape index (κ3) is 3.88. The fourth-order valence-corrected chi connectivity index (χ4v) is 3.38. The zero-order chi connectivity index (χ0) is 19.3. The number of esters is 1. The SMILES string of the molecule is CCOC(=O)c1nnc(NC(=O)C(C)(c2ccccc2)c2ccccc2)s1. The molecular weight excluding hydrogens is 362 g/mol. The lowest BCUT2D eigenvalue weighted by Gasteiger charge is -2.29. The van der Waals surface area contributed by atoms with Crippen LogP contribution in [0.15, 0.2) is 60.7 Å². The number of rotatable bonds is 6. The smallest absolute Gasteiger partial charge is 0.369 e. The summed E-state index contributed by atoms with van der Waals surface area (Å²) in [4.78, 5) is 25.0. The molecule has 3 aromatic rings. The van der Waals surface area contributed by atoms with Crippen molar-refractivity contribution in [3.63, 3.8) is 0 Å². The number of ether oxygens (including phenoxy) is 1. The molecule has 1 aromatic heterocycles. The molecule has 0 bridgehead atoms. The van der Waals surface area contributed by atoms with Crippen molar-refractivity contribution >= 4 is 28.3 Å². The normalized spacial score (nSPS) is 11.0. The first kappa shape index (κ1) is 18.7. The van der Waals surface area contributed by atoms with Gasteiger partial charge in [-0.15, -0.1) is 10.2 Å². The van der Waals surface area contributed by atoms with Gasteiger partial charge in [-0.05, 0) is 25.0 Å². The molecular formula is C20H19N3O3S. The molecule has 0 saturated heterocycles. The van der Waals surface area contributed by atoms with Crippen LogP contribution in [0.4, 0.5) is 5.13 Å². The summed E-state index contributed by atoms with van der Waals surface area (Å²) in [5.74, 6) is -0.809. The number of carbonyl (C=O) groups excluding carboxylic acids is 2. The Morgan fingerprint density at radius 3 is 2.07 bits per heavy atom. The molecule has 2 aromatic carbocycles. The van der Waals surface area contributed by atoms with E-state index in [0.29, 0.717) is 0 Å². The zero-order valence-electron chi connectivity index (χ0n) is 15.0. The quantitative estimate of drug-likeness (QED) is 0.659. The summed E-state index contributed by atoms with van der Waals surface area (Å²) in [6.45, 7) is 3.83. The maximum Gasteiger partial charge on any atom is 0.369 e. The standard InChI is InChI=1S/C20H19N3O3S/c1-3-26-17(24)16-22-23-19(27-16)21-18(25)20(2,14-10-6-4-7-11-14)15-12-8-5-9-13-15/h4-13H,3H2,1-2H3,(H,21,23,25). The summed E-state index contributed by atoms with van der Waals surface area (Å²) in [6.07, 6.45) is 0. The Morgan fingerprint density at radius 2 is 1.56 bits per heavy atom. The molecule has 0 radical (unpaired) electrons. The first-order valence-electron chi connectivity index (χ1n) is 8.48. The van der Waals surface area contributed by atoms with Crippen molar-refractivity contribution in [1.29, 1.82) is 0 Å². The Bertz CT molecular complexity index is 886. The number of anilines is 1. The predicted octanol–water partition coefficient (Wildman–Crippen LogP) is 3.66. The molecule has 0 aliphatic heterocycles. The van der Waals surface area contributed by atoms with E-state index in [4.69, 9.17) is 4.74 Å². The number of nitrogens with one attached hydrogen (secondary N) is 1. The Kier molecular flexibility index (Phi) is 5.61. The Hall–Kier alpha value is -3.06. The number of amides is 1. The van der Waals surface area contributed by atoms with Crippen molar-refractivity contribution in [1.82, 2.24) is 10.2 Å². The lowest BCUT2D eigenvalue weighted by molar-refractivity contribution is -0.119. The molecule has 7 heteroatoms. The molecule has 0 atom stereocenters. The Labute approximate surface area is 161 Å². The molecule has 6 nitrogen and oxygen atoms in total. The molecule has 27 heavy (non-hydrogen) atoms. The molecule has 138 valence electrons. The summed E-state index contributed by atoms with van der Waals surface area (Å²) in [5.41, 5.74) is 0.769. The van der Waals surface area contributed by atoms with Crippen molar-refractivity contribution in [2.24, 2.45) is 0 Å². The van der Waals surface area contributed by atoms with Crippen LogP contribution in [0.2, 0.25) is 0 Å². The van der Waals surface area contributed by atoms with Gasteiger partial charge in [0.1, 0.15) is 0 Å². The molecule has 0 aliphatic carbocycles. The van der Waals surface area contributed by atoms with Crippen LogP contribution in [0.3, 0.4) is 0 Å². The van der Waals surface area contributed by atoms with Gasteiger partial charge in [0.15, 0.2) is 0 Å². The average Bonchev–Trinajstić information content (AvgIpc) is 3.17. The molecule has 0 fully saturated rings. The van der Waals surface area contributed by atoms with E-state index in [1.54, 1.807) is 6.92 Å². The van der Waals surface area contributed by atoms with E-state index in [9.17, 15) is 9.59 Å². The maximum absolute atomic E-state index is 13.3. The largest absolute Gasteiger partial charge is 0.461 e. The minimum absolute atomic E-state index is 0.105. The summed E-state index contributed by atoms with van der Waals surface area (Å²) in [7, 11) is 0. The second-order valence-corrected chi connectivity index (χ2v) is 6.92. The third-order valence-corrected chi connectivity index (χ3v) is 5.07. The first-order valence-corrected chi connectivity index (χ1v) is 9.30. The van der Waals surface area contributed by atoms with Crippen LogP contribution in [0.25, 0.3) is 0 Å². The average molecular weight is 381 g/mol. The maximum atomic E-state index is 13.3. The molecule has 0 spiro atoms. The highest BCUT2D eigenvalue weighted by Gasteiger charge is 2.37. The van der Waals surface area contributed by atoms with Crippen LogP contribution >= 0.6 is 11.3 Å². The van der Waals surface area contributed by atoms with Crippen molar-refractivity contribution in [2.75, 3.05) is 11.9 Å². The topological polar surface area (TPSA) is 81.2 Å². The summed E-state index contributed by atoms with van der Waals surface area (Å²) in [6, 6.07) is 19.1. The molecule has 0 aliphatic rings. The highest BCUT2D eigenvalue weighted by atomic mass is 32.1. The third-order valence-electron chi connectivity index (χ3n) is 4.25. The van der Waals surface area contributed by atoms with E-state index in [0.717, 1.165) is 22.5 Å². The van der Waals surface area contributed by atoms with Gasteiger partial charge in [-0.1, -0.05) is 72.0 Å². The summed E-state index contributed by atoms with van der Waals surface area (Å²) < 4.78 is 4.91. The van der Waals surface area contributed by atoms with Gasteiger partial charge >= 0.3 is 5.97 Å². The molecule has 1 heterocycles. The Balaban J connectivity index is 1.92. The molecule has 1 N–H and O–H groups in total. The zero-order valence-corrected chi connectivity index (χ0v) is 15.8. The molecule has 0 saturated carbocycles. The van der Waals surface area contributed by atoms with Gasteiger partial charge in [0.2, 0.25) is 16.0 Å². The lowest BCUT2D eigenvalue weighted by Crippen LogP contribution is -2.38. The van der Waals surface area contributed by atoms with Crippen molar-refractivity contribution in [2.45, 2.75) is 19.3 Å². The van der Waals surface area contributed by atoms with Crippen LogP contribution in [0, 0.1) is 0 Å². The second-order valence-electron chi connectivity index (χ2n) is 5.94. The van der Waals surface area contributed by atoms with Crippen molar-refractivity contribution in [3.8, 4) is 0 Å². The van der Waals surface area contributed by atoms with Gasteiger partial charge in [-0.2, -0.15) is 0 Å². The second kappa shape index (κ2) is 8.09. The lowest BCUT2D eigenvalue weighted by atomic mass is 9.75. The van der Waals surface area contributed by atoms with Gasteiger partial charge < -0.3 is 4.74 Å². The fourth-order valence-electron chi connectivity index (χ4n) is 2.74. The van der Waals surface area contributed by atoms with E-state index in [1.165, 1.54) is 0 Å². The van der Waals surface area contributed by atoms with Crippen LogP contribution in [-0.2, 0) is 14.9 Å². The highest BCUT2D eigenvalue weighted by molar-refractivity contribution is 7.17. The van der Waals surface area contributed by atoms with E-state index < -0.39 is 11.4 Å². The van der Waals surface area contributed by atoms with E-state index in [1.807, 2.05) is 67.6 Å². The number of hydrogen-bond donors (Lipinski definition) is 1. The number of aromatic nitrogens is 2. The van der Waals surface area contributed by atoms with Crippen LogP contribution < -0.4 is 5.32 Å². The van der Waals surface area contributed by atoms with Crippen molar-refractivity contribution in [3.05, 3.63) is 76.8 Å². The molecule has 1 amide bonds. The minimum Gasteiger partial charge on any atom is -0.461 e. The fraction of sp³-hybridized carbons (Fsp3) is 0.200. The van der Waals surface area contributed by atoms with Gasteiger partial charge in [0.25, 0.3) is 0 Å². The van der Waals surface area contributed by atoms with Gasteiger partial charge in [0, 0.05) is 0 Å². The van der Waals surface area contributed by atoms with Crippen molar-refractivity contribution < 1.29 is 14.3 Å². The number of carbonyl (C=O) groups is 2. The van der Waals surface area contributed by atoms with Crippen LogP contribution in [0.5, 0.6) is 0 Å². The summed E-state index contributed by atoms with van der Waals surface area (Å²) in [5, 5.41) is 10.8. The van der Waals surface area contributed by atoms with Crippen LogP contribution in [0.1, 0.15) is 34.8 Å². The number of benzene rings is 2. The molecule has 3 rings (SSSR count). The number of hydrogen-bond acceptors (Lipinski definition) is 6. The van der Waals surface area contributed by atoms with Gasteiger partial charge in [-0.25, -0.2) is 4.79 Å². The predicted molar refractivity (Wildman–Crippen MR) is 104 cm³/mol. The Morgan fingerprint density at radius 1 is 1.00 bits per heavy atom. The van der Waals surface area contributed by atoms with E-state index in [2.05, 4.69) is 15.5 Å². The molecule has 0 unspecified atom stereocenters. The number of nitrogens with zero attached hydrogens (tertiary/aromatic N) is 2. The van der Waals surface area contributed by atoms with Crippen LogP contribution in [-0.4, -0.2) is 28.7 Å². The first-order chi connectivity index (χ1) is 13.1. The summed E-state index contributed by atoms with van der Waals surface area (Å²) >= 11 is 0.987. The highest BCUT2D eigenvalue weighted by Crippen LogP contribution is 2.33. The van der Waals surface area contributed by atoms with E-state index >= 15 is 0 Å². The van der Waals surface area contributed by atoms with Gasteiger partial charge in [-0.3, -0.25) is 10.1 Å². The van der Waals surface area contributed by atoms with E-state index in [-0.39, 0.29) is 22.7 Å². The minimum atomic E-state index is -0.932.